The molecule has 0 N–H and O–H groups in total. The van der Waals surface area contributed by atoms with Crippen molar-refractivity contribution in [2.45, 2.75) is 46.5 Å². The maximum Gasteiger partial charge on any atom is 0.305 e. The minimum Gasteiger partial charge on any atom is -0.466 e. The number of pyridine rings is 1. The molecule has 37 heavy (non-hydrogen) atoms. The van der Waals surface area contributed by atoms with Gasteiger partial charge in [0.1, 0.15) is 0 Å². The first-order chi connectivity index (χ1) is 17.9. The Hall–Kier alpha value is -3.92. The SMILES string of the molecule is CCOC(=O)CCCc1cc(C(=O)c2cccc(/C=C/c3ccc(CC(C)C)cc3)c2)c2ccccn12. The van der Waals surface area contributed by atoms with Gasteiger partial charge in [-0.2, -0.15) is 0 Å². The minimum absolute atomic E-state index is 0.00590. The Bertz CT molecular complexity index is 1390. The summed E-state index contributed by atoms with van der Waals surface area (Å²) in [4.78, 5) is 25.3. The molecule has 0 amide bonds. The lowest BCUT2D eigenvalue weighted by Crippen LogP contribution is -2.04. The van der Waals surface area contributed by atoms with Gasteiger partial charge in [-0.15, -0.1) is 0 Å². The predicted molar refractivity (Wildman–Crippen MR) is 151 cm³/mol. The van der Waals surface area contributed by atoms with Crippen molar-refractivity contribution in [1.82, 2.24) is 4.40 Å². The van der Waals surface area contributed by atoms with E-state index < -0.39 is 0 Å². The number of rotatable bonds is 11. The number of ether oxygens (including phenoxy) is 1. The van der Waals surface area contributed by atoms with Crippen LogP contribution in [0.5, 0.6) is 0 Å². The summed E-state index contributed by atoms with van der Waals surface area (Å²) >= 11 is 0. The van der Waals surface area contributed by atoms with Gasteiger partial charge in [-0.05, 0) is 73.1 Å². The Morgan fingerprint density at radius 2 is 1.70 bits per heavy atom. The van der Waals surface area contributed by atoms with Gasteiger partial charge in [-0.3, -0.25) is 9.59 Å². The number of esters is 1. The van der Waals surface area contributed by atoms with Gasteiger partial charge in [0.2, 0.25) is 0 Å². The highest BCUT2D eigenvalue weighted by atomic mass is 16.5. The van der Waals surface area contributed by atoms with E-state index in [4.69, 9.17) is 4.74 Å². The average Bonchev–Trinajstić information content (AvgIpc) is 3.26. The van der Waals surface area contributed by atoms with E-state index in [-0.39, 0.29) is 11.8 Å². The van der Waals surface area contributed by atoms with Gasteiger partial charge in [0.15, 0.2) is 5.78 Å². The van der Waals surface area contributed by atoms with Gasteiger partial charge < -0.3 is 9.14 Å². The highest BCUT2D eigenvalue weighted by Gasteiger charge is 2.17. The van der Waals surface area contributed by atoms with Crippen molar-refractivity contribution in [3.63, 3.8) is 0 Å². The molecule has 0 aliphatic rings. The van der Waals surface area contributed by atoms with E-state index >= 15 is 0 Å². The normalized spacial score (nSPS) is 11.5. The molecular formula is C33H35NO3. The lowest BCUT2D eigenvalue weighted by atomic mass is 10.00. The molecule has 190 valence electrons. The van der Waals surface area contributed by atoms with Crippen LogP contribution in [0.1, 0.15) is 71.9 Å². The molecule has 4 nitrogen and oxygen atoms in total. The Labute approximate surface area is 219 Å². The maximum absolute atomic E-state index is 13.6. The molecule has 0 atom stereocenters. The second-order valence-electron chi connectivity index (χ2n) is 9.79. The van der Waals surface area contributed by atoms with Crippen LogP contribution in [0.15, 0.2) is 79.0 Å². The molecule has 0 saturated heterocycles. The van der Waals surface area contributed by atoms with Gasteiger partial charge in [0, 0.05) is 29.4 Å². The molecule has 0 saturated carbocycles. The molecule has 4 rings (SSSR count). The lowest BCUT2D eigenvalue weighted by Gasteiger charge is -2.05. The minimum atomic E-state index is -0.184. The molecule has 0 aliphatic heterocycles. The van der Waals surface area contributed by atoms with Crippen molar-refractivity contribution in [2.24, 2.45) is 5.92 Å². The zero-order valence-electron chi connectivity index (χ0n) is 21.9. The van der Waals surface area contributed by atoms with Gasteiger partial charge in [0.05, 0.1) is 12.1 Å². The van der Waals surface area contributed by atoms with Gasteiger partial charge >= 0.3 is 5.97 Å². The third kappa shape index (κ3) is 6.85. The van der Waals surface area contributed by atoms with Crippen molar-refractivity contribution in [3.8, 4) is 0 Å². The number of fused-ring (bicyclic) bond motifs is 1. The highest BCUT2D eigenvalue weighted by molar-refractivity contribution is 6.13. The van der Waals surface area contributed by atoms with Crippen molar-refractivity contribution in [3.05, 3.63) is 113 Å². The molecule has 0 spiro atoms. The molecule has 0 radical (unpaired) electrons. The number of carbonyl (C=O) groups is 2. The van der Waals surface area contributed by atoms with E-state index in [2.05, 4.69) is 44.2 Å². The zero-order valence-corrected chi connectivity index (χ0v) is 21.9. The van der Waals surface area contributed by atoms with Crippen LogP contribution in [0.25, 0.3) is 17.7 Å². The fraction of sp³-hybridized carbons (Fsp3) is 0.273. The summed E-state index contributed by atoms with van der Waals surface area (Å²) in [6.07, 6.45) is 8.91. The molecule has 2 aromatic heterocycles. The molecule has 0 bridgehead atoms. The van der Waals surface area contributed by atoms with Crippen LogP contribution >= 0.6 is 0 Å². The molecule has 4 heteroatoms. The van der Waals surface area contributed by atoms with Crippen LogP contribution in [0.3, 0.4) is 0 Å². The molecule has 4 aromatic rings. The Morgan fingerprint density at radius 3 is 2.46 bits per heavy atom. The summed E-state index contributed by atoms with van der Waals surface area (Å²) < 4.78 is 7.09. The van der Waals surface area contributed by atoms with Gasteiger partial charge in [0.25, 0.3) is 0 Å². The fourth-order valence-electron chi connectivity index (χ4n) is 4.61. The number of hydrogen-bond acceptors (Lipinski definition) is 3. The third-order valence-electron chi connectivity index (χ3n) is 6.36. The molecule has 0 aliphatic carbocycles. The number of carbonyl (C=O) groups excluding carboxylic acids is 2. The first-order valence-electron chi connectivity index (χ1n) is 13.1. The number of aryl methyl sites for hydroxylation is 1. The number of benzene rings is 2. The molecule has 2 aromatic carbocycles. The maximum atomic E-state index is 13.6. The fourth-order valence-corrected chi connectivity index (χ4v) is 4.61. The number of nitrogens with zero attached hydrogens (tertiary/aromatic N) is 1. The zero-order chi connectivity index (χ0) is 26.2. The van der Waals surface area contributed by atoms with Crippen molar-refractivity contribution < 1.29 is 14.3 Å². The van der Waals surface area contributed by atoms with E-state index in [1.807, 2.05) is 72.1 Å². The summed E-state index contributed by atoms with van der Waals surface area (Å²) in [5.41, 5.74) is 6.68. The second kappa shape index (κ2) is 12.4. The summed E-state index contributed by atoms with van der Waals surface area (Å²) in [7, 11) is 0. The van der Waals surface area contributed by atoms with E-state index in [9.17, 15) is 9.59 Å². The van der Waals surface area contributed by atoms with E-state index in [0.717, 1.165) is 28.8 Å². The predicted octanol–water partition coefficient (Wildman–Crippen LogP) is 7.43. The average molecular weight is 494 g/mol. The summed E-state index contributed by atoms with van der Waals surface area (Å²) in [6.45, 7) is 6.66. The summed E-state index contributed by atoms with van der Waals surface area (Å²) in [5, 5.41) is 0. The standard InChI is InChI=1S/C33H35NO3/c1-4-37-32(35)13-8-11-29-23-30(31-12-5-6-20-34(29)31)33(36)28-10-7-9-26(22-28)17-14-25-15-18-27(19-16-25)21-24(2)3/h5-7,9-10,12,14-20,22-24H,4,8,11,13,21H2,1-3H3/b17-14+. The first kappa shape index (κ1) is 26.2. The Morgan fingerprint density at radius 1 is 0.919 bits per heavy atom. The van der Waals surface area contributed by atoms with Crippen LogP contribution in [0.2, 0.25) is 0 Å². The van der Waals surface area contributed by atoms with Crippen LogP contribution in [-0.4, -0.2) is 22.8 Å². The van der Waals surface area contributed by atoms with Crippen LogP contribution in [-0.2, 0) is 22.4 Å². The number of ketones is 1. The van der Waals surface area contributed by atoms with E-state index in [0.29, 0.717) is 42.9 Å². The number of hydrogen-bond donors (Lipinski definition) is 0. The van der Waals surface area contributed by atoms with Crippen LogP contribution in [0.4, 0.5) is 0 Å². The first-order valence-corrected chi connectivity index (χ1v) is 13.1. The van der Waals surface area contributed by atoms with Crippen molar-refractivity contribution >= 4 is 29.4 Å². The monoisotopic (exact) mass is 493 g/mol. The smallest absolute Gasteiger partial charge is 0.305 e. The second-order valence-corrected chi connectivity index (χ2v) is 9.79. The van der Waals surface area contributed by atoms with E-state index in [1.165, 1.54) is 5.56 Å². The highest BCUT2D eigenvalue weighted by Crippen LogP contribution is 2.23. The van der Waals surface area contributed by atoms with Gasteiger partial charge in [-0.25, -0.2) is 0 Å². The quantitative estimate of drug-likeness (QED) is 0.124. The summed E-state index contributed by atoms with van der Waals surface area (Å²) in [5.74, 6) is 0.449. The van der Waals surface area contributed by atoms with Gasteiger partial charge in [-0.1, -0.05) is 74.5 Å². The van der Waals surface area contributed by atoms with Crippen molar-refractivity contribution in [2.75, 3.05) is 6.61 Å². The molecule has 0 fully saturated rings. The topological polar surface area (TPSA) is 47.8 Å². The molecule has 0 unspecified atom stereocenters. The lowest BCUT2D eigenvalue weighted by molar-refractivity contribution is -0.143. The van der Waals surface area contributed by atoms with Crippen molar-refractivity contribution in [1.29, 1.82) is 0 Å². The molecular weight excluding hydrogens is 458 g/mol. The van der Waals surface area contributed by atoms with Crippen LogP contribution in [0, 0.1) is 5.92 Å². The summed E-state index contributed by atoms with van der Waals surface area (Å²) in [6, 6.07) is 24.2. The largest absolute Gasteiger partial charge is 0.466 e. The Kier molecular flexibility index (Phi) is 8.73. The van der Waals surface area contributed by atoms with E-state index in [1.54, 1.807) is 0 Å². The Balaban J connectivity index is 1.52. The third-order valence-corrected chi connectivity index (χ3v) is 6.36. The molecule has 2 heterocycles. The van der Waals surface area contributed by atoms with Crippen LogP contribution < -0.4 is 0 Å². The number of aromatic nitrogens is 1.